The minimum Gasteiger partial charge on any atom is -0.392 e. The molecule has 0 N–H and O–H groups in total. The van der Waals surface area contributed by atoms with Gasteiger partial charge in [0.15, 0.2) is 0 Å². The molecule has 0 spiro atoms. The lowest BCUT2D eigenvalue weighted by atomic mass is 10.2. The summed E-state index contributed by atoms with van der Waals surface area (Å²) in [5, 5.41) is 0. The topological polar surface area (TPSA) is 43.4 Å². The first-order valence-electron chi connectivity index (χ1n) is 4.00. The minimum absolute atomic E-state index is 0.264. The van der Waals surface area contributed by atoms with Crippen molar-refractivity contribution in [2.24, 2.45) is 0 Å². The molecule has 0 atom stereocenters. The van der Waals surface area contributed by atoms with E-state index in [1.807, 2.05) is 6.92 Å². The summed E-state index contributed by atoms with van der Waals surface area (Å²) < 4.78 is 4.34. The number of ether oxygens (including phenoxy) is 1. The largest absolute Gasteiger partial charge is 0.392 e. The van der Waals surface area contributed by atoms with E-state index in [9.17, 15) is 9.59 Å². The number of carbonyl (C=O) groups excluding carboxylic acids is 2. The van der Waals surface area contributed by atoms with Crippen LogP contribution in [0.1, 0.15) is 32.6 Å². The van der Waals surface area contributed by atoms with Gasteiger partial charge in [0, 0.05) is 6.42 Å². The summed E-state index contributed by atoms with van der Waals surface area (Å²) in [7, 11) is 0. The highest BCUT2D eigenvalue weighted by Crippen LogP contribution is 2.00. The molecule has 0 amide bonds. The molecule has 0 fully saturated rings. The number of esters is 2. The number of rotatable bonds is 5. The second kappa shape index (κ2) is 7.10. The molecule has 0 aromatic heterocycles. The molecule has 12 heavy (non-hydrogen) atoms. The molecule has 0 rings (SSSR count). The Labute approximate surface area is 77.0 Å². The molecule has 0 radical (unpaired) electrons. The number of hydrogen-bond donors (Lipinski definition) is 0. The standard InChI is InChI=1S/C8H13ClO3/c1-2-3-4-5-7(10)12-8(11)6-9/h2-6H2,1H3. The summed E-state index contributed by atoms with van der Waals surface area (Å²) in [6.07, 6.45) is 3.09. The van der Waals surface area contributed by atoms with Crippen LogP contribution >= 0.6 is 11.6 Å². The van der Waals surface area contributed by atoms with Crippen LogP contribution in [0.5, 0.6) is 0 Å². The van der Waals surface area contributed by atoms with Crippen molar-refractivity contribution in [2.45, 2.75) is 32.6 Å². The SMILES string of the molecule is CCCCCC(=O)OC(=O)CCl. The Hall–Kier alpha value is -0.570. The molecule has 0 bridgehead atoms. The van der Waals surface area contributed by atoms with Gasteiger partial charge in [-0.05, 0) is 6.42 Å². The predicted octanol–water partition coefficient (Wildman–Crippen LogP) is 1.88. The maximum Gasteiger partial charge on any atom is 0.328 e. The van der Waals surface area contributed by atoms with Crippen LogP contribution < -0.4 is 0 Å². The Kier molecular flexibility index (Phi) is 6.76. The fraction of sp³-hybridized carbons (Fsp3) is 0.750. The lowest BCUT2D eigenvalue weighted by Gasteiger charge is -1.99. The first-order valence-corrected chi connectivity index (χ1v) is 4.53. The van der Waals surface area contributed by atoms with Gasteiger partial charge in [-0.1, -0.05) is 19.8 Å². The van der Waals surface area contributed by atoms with Crippen LogP contribution in [0.4, 0.5) is 0 Å². The number of carbonyl (C=O) groups is 2. The Morgan fingerprint density at radius 3 is 2.42 bits per heavy atom. The number of alkyl halides is 1. The second-order valence-corrected chi connectivity index (χ2v) is 2.70. The van der Waals surface area contributed by atoms with Crippen LogP contribution in [0.25, 0.3) is 0 Å². The van der Waals surface area contributed by atoms with Gasteiger partial charge in [-0.2, -0.15) is 0 Å². The molecular formula is C8H13ClO3. The summed E-state index contributed by atoms with van der Waals surface area (Å²) in [5.41, 5.74) is 0. The van der Waals surface area contributed by atoms with Crippen LogP contribution in [0.3, 0.4) is 0 Å². The maximum absolute atomic E-state index is 10.8. The summed E-state index contributed by atoms with van der Waals surface area (Å²) >= 11 is 5.13. The summed E-state index contributed by atoms with van der Waals surface area (Å²) in [6.45, 7) is 2.04. The Balaban J connectivity index is 3.40. The van der Waals surface area contributed by atoms with Gasteiger partial charge in [0.2, 0.25) is 0 Å². The molecule has 3 nitrogen and oxygen atoms in total. The highest BCUT2D eigenvalue weighted by atomic mass is 35.5. The lowest BCUT2D eigenvalue weighted by Crippen LogP contribution is -2.12. The molecule has 0 aromatic carbocycles. The van der Waals surface area contributed by atoms with E-state index in [2.05, 4.69) is 4.74 Å². The zero-order valence-electron chi connectivity index (χ0n) is 7.14. The van der Waals surface area contributed by atoms with Crippen molar-refractivity contribution in [3.63, 3.8) is 0 Å². The number of halogens is 1. The zero-order chi connectivity index (χ0) is 9.40. The number of hydrogen-bond acceptors (Lipinski definition) is 3. The fourth-order valence-electron chi connectivity index (χ4n) is 0.725. The van der Waals surface area contributed by atoms with Crippen molar-refractivity contribution < 1.29 is 14.3 Å². The van der Waals surface area contributed by atoms with E-state index in [-0.39, 0.29) is 5.88 Å². The highest BCUT2D eigenvalue weighted by molar-refractivity contribution is 6.27. The van der Waals surface area contributed by atoms with Crippen LogP contribution in [0.2, 0.25) is 0 Å². The second-order valence-electron chi connectivity index (χ2n) is 2.44. The van der Waals surface area contributed by atoms with Crippen molar-refractivity contribution in [3.05, 3.63) is 0 Å². The molecule has 0 aromatic rings. The van der Waals surface area contributed by atoms with E-state index in [1.54, 1.807) is 0 Å². The fourth-order valence-corrected chi connectivity index (χ4v) is 0.779. The zero-order valence-corrected chi connectivity index (χ0v) is 7.89. The average Bonchev–Trinajstić information content (AvgIpc) is 2.05. The van der Waals surface area contributed by atoms with Gasteiger partial charge in [-0.15, -0.1) is 11.6 Å². The minimum atomic E-state index is -0.668. The van der Waals surface area contributed by atoms with E-state index < -0.39 is 11.9 Å². The van der Waals surface area contributed by atoms with Crippen molar-refractivity contribution >= 4 is 23.5 Å². The van der Waals surface area contributed by atoms with Crippen molar-refractivity contribution in [1.82, 2.24) is 0 Å². The van der Waals surface area contributed by atoms with Crippen molar-refractivity contribution in [3.8, 4) is 0 Å². The smallest absolute Gasteiger partial charge is 0.328 e. The van der Waals surface area contributed by atoms with E-state index in [1.165, 1.54) is 0 Å². The first kappa shape index (κ1) is 11.4. The van der Waals surface area contributed by atoms with Gasteiger partial charge >= 0.3 is 11.9 Å². The molecule has 4 heteroatoms. The van der Waals surface area contributed by atoms with Gasteiger partial charge in [0.05, 0.1) is 0 Å². The summed E-state index contributed by atoms with van der Waals surface area (Å²) in [5.74, 6) is -1.41. The molecule has 0 saturated carbocycles. The maximum atomic E-state index is 10.8. The predicted molar refractivity (Wildman–Crippen MR) is 46.0 cm³/mol. The quantitative estimate of drug-likeness (QED) is 0.289. The summed E-state index contributed by atoms with van der Waals surface area (Å²) in [6, 6.07) is 0. The molecule has 0 aliphatic heterocycles. The molecule has 0 aliphatic carbocycles. The molecular weight excluding hydrogens is 180 g/mol. The van der Waals surface area contributed by atoms with Crippen molar-refractivity contribution in [1.29, 1.82) is 0 Å². The third-order valence-corrected chi connectivity index (χ3v) is 1.54. The molecule has 0 saturated heterocycles. The van der Waals surface area contributed by atoms with E-state index >= 15 is 0 Å². The molecule has 70 valence electrons. The molecule has 0 heterocycles. The van der Waals surface area contributed by atoms with Gasteiger partial charge < -0.3 is 4.74 Å². The van der Waals surface area contributed by atoms with Gasteiger partial charge in [0.25, 0.3) is 0 Å². The summed E-state index contributed by atoms with van der Waals surface area (Å²) in [4.78, 5) is 21.3. The van der Waals surface area contributed by atoms with Crippen molar-refractivity contribution in [2.75, 3.05) is 5.88 Å². The Morgan fingerprint density at radius 1 is 1.25 bits per heavy atom. The molecule has 0 unspecified atom stereocenters. The Morgan fingerprint density at radius 2 is 1.92 bits per heavy atom. The van der Waals surface area contributed by atoms with Gasteiger partial charge in [0.1, 0.15) is 5.88 Å². The lowest BCUT2D eigenvalue weighted by molar-refractivity contribution is -0.157. The third kappa shape index (κ3) is 6.16. The van der Waals surface area contributed by atoms with E-state index in [0.717, 1.165) is 19.3 Å². The van der Waals surface area contributed by atoms with E-state index in [0.29, 0.717) is 6.42 Å². The Bertz CT molecular complexity index is 156. The van der Waals surface area contributed by atoms with Gasteiger partial charge in [-0.25, -0.2) is 0 Å². The van der Waals surface area contributed by atoms with Crippen LogP contribution in [-0.2, 0) is 14.3 Å². The number of unbranched alkanes of at least 4 members (excludes halogenated alkanes) is 2. The normalized spacial score (nSPS) is 9.50. The third-order valence-electron chi connectivity index (χ3n) is 1.32. The van der Waals surface area contributed by atoms with Crippen LogP contribution in [-0.4, -0.2) is 17.8 Å². The monoisotopic (exact) mass is 192 g/mol. The highest BCUT2D eigenvalue weighted by Gasteiger charge is 2.07. The van der Waals surface area contributed by atoms with E-state index in [4.69, 9.17) is 11.6 Å². The van der Waals surface area contributed by atoms with Crippen LogP contribution in [0.15, 0.2) is 0 Å². The van der Waals surface area contributed by atoms with Gasteiger partial charge in [-0.3, -0.25) is 9.59 Å². The average molecular weight is 193 g/mol. The molecule has 0 aliphatic rings. The first-order chi connectivity index (χ1) is 5.70. The van der Waals surface area contributed by atoms with Crippen LogP contribution in [0, 0.1) is 0 Å².